The van der Waals surface area contributed by atoms with E-state index >= 15 is 0 Å². The third-order valence-electron chi connectivity index (χ3n) is 3.85. The van der Waals surface area contributed by atoms with E-state index in [4.69, 9.17) is 17.0 Å². The molecule has 2 aromatic rings. The number of hydrogen-bond acceptors (Lipinski definition) is 3. The number of halogens is 1. The summed E-state index contributed by atoms with van der Waals surface area (Å²) in [6.45, 7) is 8.98. The Bertz CT molecular complexity index is 817. The number of carbonyl (C=O) groups excluding carboxylic acids is 1. The van der Waals surface area contributed by atoms with Crippen molar-refractivity contribution in [2.75, 3.05) is 11.9 Å². The highest BCUT2D eigenvalue weighted by Gasteiger charge is 2.11. The Hall–Kier alpha value is -1.92. The van der Waals surface area contributed by atoms with Crippen LogP contribution in [0.5, 0.6) is 5.75 Å². The van der Waals surface area contributed by atoms with Gasteiger partial charge in [-0.3, -0.25) is 10.1 Å². The number of anilines is 1. The van der Waals surface area contributed by atoms with Gasteiger partial charge >= 0.3 is 0 Å². The van der Waals surface area contributed by atoms with Crippen LogP contribution in [0.25, 0.3) is 0 Å². The fourth-order valence-corrected chi connectivity index (χ4v) is 3.25. The monoisotopic (exact) mass is 448 g/mol. The average Bonchev–Trinajstić information content (AvgIpc) is 2.54. The third-order valence-corrected chi connectivity index (χ3v) is 4.68. The molecule has 4 nitrogen and oxygen atoms in total. The van der Waals surface area contributed by atoms with Crippen LogP contribution in [-0.2, 0) is 0 Å². The topological polar surface area (TPSA) is 50.4 Å². The molecule has 144 valence electrons. The molecular weight excluding hydrogens is 424 g/mol. The Morgan fingerprint density at radius 1 is 1.15 bits per heavy atom. The molecule has 0 aliphatic rings. The summed E-state index contributed by atoms with van der Waals surface area (Å²) in [7, 11) is 0. The van der Waals surface area contributed by atoms with E-state index < -0.39 is 0 Å². The van der Waals surface area contributed by atoms with Crippen molar-refractivity contribution in [2.24, 2.45) is 5.92 Å². The lowest BCUT2D eigenvalue weighted by molar-refractivity contribution is 0.0977. The summed E-state index contributed by atoms with van der Waals surface area (Å²) in [5, 5.41) is 6.02. The molecule has 27 heavy (non-hydrogen) atoms. The van der Waals surface area contributed by atoms with Crippen LogP contribution in [0.4, 0.5) is 5.69 Å². The zero-order valence-corrected chi connectivity index (χ0v) is 18.5. The van der Waals surface area contributed by atoms with Crippen LogP contribution in [0, 0.1) is 19.8 Å². The summed E-state index contributed by atoms with van der Waals surface area (Å²) in [4.78, 5) is 12.4. The lowest BCUT2D eigenvalue weighted by Crippen LogP contribution is -2.34. The van der Waals surface area contributed by atoms with Gasteiger partial charge < -0.3 is 10.1 Å². The van der Waals surface area contributed by atoms with Crippen molar-refractivity contribution < 1.29 is 9.53 Å². The summed E-state index contributed by atoms with van der Waals surface area (Å²) in [5.74, 6) is 1.04. The van der Waals surface area contributed by atoms with Gasteiger partial charge in [0.2, 0.25) is 0 Å². The first-order valence-corrected chi connectivity index (χ1v) is 10.1. The molecule has 0 aliphatic carbocycles. The minimum atomic E-state index is -0.272. The van der Waals surface area contributed by atoms with Gasteiger partial charge in [0.1, 0.15) is 5.75 Å². The quantitative estimate of drug-likeness (QED) is 0.563. The first-order chi connectivity index (χ1) is 12.7. The van der Waals surface area contributed by atoms with Gasteiger partial charge in [-0.1, -0.05) is 19.9 Å². The molecule has 1 amide bonds. The zero-order valence-electron chi connectivity index (χ0n) is 16.1. The van der Waals surface area contributed by atoms with E-state index in [1.165, 1.54) is 0 Å². The zero-order chi connectivity index (χ0) is 20.0. The standard InChI is InChI=1S/C21H25BrN2O2S/c1-13(2)7-8-26-19-6-5-16(12-18(19)22)20(25)24-21(27)23-17-10-14(3)9-15(4)11-17/h5-6,9-13H,7-8H2,1-4H3,(H2,23,24,25,27). The van der Waals surface area contributed by atoms with E-state index in [0.717, 1.165) is 33.5 Å². The first kappa shape index (κ1) is 21.4. The molecule has 0 aliphatic heterocycles. The highest BCUT2D eigenvalue weighted by molar-refractivity contribution is 9.10. The fraction of sp³-hybridized carbons (Fsp3) is 0.333. The molecule has 0 heterocycles. The molecule has 0 spiro atoms. The number of aryl methyl sites for hydroxylation is 2. The Morgan fingerprint density at radius 3 is 2.41 bits per heavy atom. The summed E-state index contributed by atoms with van der Waals surface area (Å²) < 4.78 is 6.49. The minimum Gasteiger partial charge on any atom is -0.492 e. The number of benzene rings is 2. The van der Waals surface area contributed by atoms with Crippen molar-refractivity contribution in [3.8, 4) is 5.75 Å². The molecule has 0 saturated heterocycles. The van der Waals surface area contributed by atoms with Crippen molar-refractivity contribution in [3.05, 3.63) is 57.6 Å². The first-order valence-electron chi connectivity index (χ1n) is 8.87. The lowest BCUT2D eigenvalue weighted by Gasteiger charge is -2.13. The number of ether oxygens (including phenoxy) is 1. The Morgan fingerprint density at radius 2 is 1.81 bits per heavy atom. The second kappa shape index (κ2) is 9.85. The molecule has 0 unspecified atom stereocenters. The molecule has 2 N–H and O–H groups in total. The van der Waals surface area contributed by atoms with E-state index in [1.807, 2.05) is 26.0 Å². The second-order valence-electron chi connectivity index (χ2n) is 6.96. The third kappa shape index (κ3) is 6.96. The van der Waals surface area contributed by atoms with Crippen molar-refractivity contribution in [2.45, 2.75) is 34.1 Å². The Labute approximate surface area is 174 Å². The van der Waals surface area contributed by atoms with Gasteiger partial charge in [0.25, 0.3) is 5.91 Å². The van der Waals surface area contributed by atoms with Crippen molar-refractivity contribution in [1.82, 2.24) is 5.32 Å². The van der Waals surface area contributed by atoms with E-state index in [9.17, 15) is 4.79 Å². The van der Waals surface area contributed by atoms with Gasteiger partial charge in [-0.2, -0.15) is 0 Å². The molecule has 0 aromatic heterocycles. The predicted molar refractivity (Wildman–Crippen MR) is 119 cm³/mol. The van der Waals surface area contributed by atoms with E-state index in [1.54, 1.807) is 18.2 Å². The van der Waals surface area contributed by atoms with Crippen LogP contribution in [0.2, 0.25) is 0 Å². The van der Waals surface area contributed by atoms with Gasteiger partial charge in [-0.25, -0.2) is 0 Å². The smallest absolute Gasteiger partial charge is 0.257 e. The van der Waals surface area contributed by atoms with Crippen molar-refractivity contribution in [3.63, 3.8) is 0 Å². The normalized spacial score (nSPS) is 10.6. The predicted octanol–water partition coefficient (Wildman–Crippen LogP) is 5.62. The number of thiocarbonyl (C=S) groups is 1. The van der Waals surface area contributed by atoms with E-state index in [-0.39, 0.29) is 11.0 Å². The SMILES string of the molecule is Cc1cc(C)cc(NC(=S)NC(=O)c2ccc(OCCC(C)C)c(Br)c2)c1. The number of hydrogen-bond donors (Lipinski definition) is 2. The highest BCUT2D eigenvalue weighted by atomic mass is 79.9. The average molecular weight is 449 g/mol. The van der Waals surface area contributed by atoms with Gasteiger partial charge in [0, 0.05) is 11.3 Å². The molecule has 0 fully saturated rings. The highest BCUT2D eigenvalue weighted by Crippen LogP contribution is 2.26. The number of nitrogens with one attached hydrogen (secondary N) is 2. The van der Waals surface area contributed by atoms with Gasteiger partial charge in [-0.05, 0) is 95.8 Å². The van der Waals surface area contributed by atoms with Gasteiger partial charge in [0.15, 0.2) is 5.11 Å². The lowest BCUT2D eigenvalue weighted by atomic mass is 10.1. The minimum absolute atomic E-state index is 0.262. The summed E-state index contributed by atoms with van der Waals surface area (Å²) in [6.07, 6.45) is 0.979. The number of amides is 1. The van der Waals surface area contributed by atoms with Crippen LogP contribution < -0.4 is 15.4 Å². The van der Waals surface area contributed by atoms with Gasteiger partial charge in [-0.15, -0.1) is 0 Å². The summed E-state index contributed by atoms with van der Waals surface area (Å²) >= 11 is 8.72. The number of rotatable bonds is 6. The van der Waals surface area contributed by atoms with E-state index in [2.05, 4.69) is 46.5 Å². The van der Waals surface area contributed by atoms with Crippen LogP contribution in [0.15, 0.2) is 40.9 Å². The van der Waals surface area contributed by atoms with Crippen molar-refractivity contribution >= 4 is 44.9 Å². The maximum atomic E-state index is 12.4. The van der Waals surface area contributed by atoms with E-state index in [0.29, 0.717) is 18.1 Å². The fourth-order valence-electron chi connectivity index (χ4n) is 2.55. The molecule has 2 aromatic carbocycles. The van der Waals surface area contributed by atoms with Crippen LogP contribution in [0.3, 0.4) is 0 Å². The van der Waals surface area contributed by atoms with Gasteiger partial charge in [0.05, 0.1) is 11.1 Å². The largest absolute Gasteiger partial charge is 0.492 e. The molecular formula is C21H25BrN2O2S. The van der Waals surface area contributed by atoms with Crippen LogP contribution >= 0.6 is 28.1 Å². The number of carbonyl (C=O) groups is 1. The maximum absolute atomic E-state index is 12.4. The van der Waals surface area contributed by atoms with Crippen LogP contribution in [-0.4, -0.2) is 17.6 Å². The second-order valence-corrected chi connectivity index (χ2v) is 8.22. The Kier molecular flexibility index (Phi) is 7.80. The molecule has 0 saturated carbocycles. The molecule has 0 bridgehead atoms. The molecule has 6 heteroatoms. The van der Waals surface area contributed by atoms with Crippen molar-refractivity contribution in [1.29, 1.82) is 0 Å². The Balaban J connectivity index is 1.96. The summed E-state index contributed by atoms with van der Waals surface area (Å²) in [5.41, 5.74) is 3.61. The maximum Gasteiger partial charge on any atom is 0.257 e. The van der Waals surface area contributed by atoms with Crippen LogP contribution in [0.1, 0.15) is 41.8 Å². The molecule has 0 atom stereocenters. The summed E-state index contributed by atoms with van der Waals surface area (Å²) in [6, 6.07) is 11.3. The molecule has 0 radical (unpaired) electrons. The molecule has 2 rings (SSSR count).